The predicted molar refractivity (Wildman–Crippen MR) is 126 cm³/mol. The summed E-state index contributed by atoms with van der Waals surface area (Å²) in [7, 11) is 0. The highest BCUT2D eigenvalue weighted by Crippen LogP contribution is 2.47. The summed E-state index contributed by atoms with van der Waals surface area (Å²) in [6.45, 7) is 7.50. The van der Waals surface area contributed by atoms with Crippen LogP contribution in [0.5, 0.6) is 0 Å². The van der Waals surface area contributed by atoms with Gasteiger partial charge in [0.1, 0.15) is 11.6 Å². The molecule has 0 radical (unpaired) electrons. The van der Waals surface area contributed by atoms with Crippen molar-refractivity contribution in [1.29, 1.82) is 0 Å². The van der Waals surface area contributed by atoms with E-state index in [-0.39, 0.29) is 23.9 Å². The van der Waals surface area contributed by atoms with Crippen LogP contribution in [0.4, 0.5) is 15.0 Å². The van der Waals surface area contributed by atoms with E-state index in [0.717, 1.165) is 67.5 Å². The second-order valence-corrected chi connectivity index (χ2v) is 10.5. The van der Waals surface area contributed by atoms with E-state index in [4.69, 9.17) is 4.74 Å². The normalized spacial score (nSPS) is 22.6. The minimum absolute atomic E-state index is 0.0121. The number of halogens is 1. The molecule has 178 valence electrons. The first-order chi connectivity index (χ1) is 16.0. The number of ether oxygens (including phenoxy) is 1. The second kappa shape index (κ2) is 9.19. The van der Waals surface area contributed by atoms with Crippen molar-refractivity contribution >= 4 is 23.2 Å². The monoisotopic (exact) mass is 474 g/mol. The van der Waals surface area contributed by atoms with Crippen LogP contribution in [0.25, 0.3) is 11.1 Å². The van der Waals surface area contributed by atoms with E-state index < -0.39 is 0 Å². The highest BCUT2D eigenvalue weighted by molar-refractivity contribution is 7.10. The third kappa shape index (κ3) is 4.46. The number of piperazine rings is 1. The third-order valence-electron chi connectivity index (χ3n) is 7.34. The predicted octanol–water partition coefficient (Wildman–Crippen LogP) is 3.57. The number of aromatic nitrogens is 1. The average Bonchev–Trinajstić information content (AvgIpc) is 3.46. The number of hydrogen-bond donors (Lipinski definition) is 1. The molecule has 1 saturated carbocycles. The molecule has 33 heavy (non-hydrogen) atoms. The molecule has 3 fully saturated rings. The van der Waals surface area contributed by atoms with Crippen LogP contribution >= 0.6 is 11.3 Å². The number of carbonyl (C=O) groups excluding carboxylic acids is 1. The van der Waals surface area contributed by atoms with Crippen LogP contribution in [0.15, 0.2) is 23.7 Å². The maximum atomic E-state index is 14.0. The van der Waals surface area contributed by atoms with Crippen molar-refractivity contribution in [3.63, 3.8) is 0 Å². The molecule has 3 aliphatic rings. The van der Waals surface area contributed by atoms with Gasteiger partial charge in [-0.3, -0.25) is 4.90 Å². The Morgan fingerprint density at radius 2 is 2.09 bits per heavy atom. The molecule has 1 aliphatic carbocycles. The molecule has 9 heteroatoms. The van der Waals surface area contributed by atoms with E-state index in [2.05, 4.69) is 14.8 Å². The zero-order valence-corrected chi connectivity index (χ0v) is 19.8. The molecular formula is C24H31FN4O3S. The molecular weight excluding hydrogens is 443 g/mol. The first-order valence-electron chi connectivity index (χ1n) is 11.7. The van der Waals surface area contributed by atoms with Crippen LogP contribution in [0.2, 0.25) is 0 Å². The zero-order chi connectivity index (χ0) is 23.0. The van der Waals surface area contributed by atoms with Gasteiger partial charge in [0.15, 0.2) is 0 Å². The lowest BCUT2D eigenvalue weighted by molar-refractivity contribution is -0.00294. The molecule has 1 amide bonds. The fourth-order valence-corrected chi connectivity index (χ4v) is 6.43. The summed E-state index contributed by atoms with van der Waals surface area (Å²) < 4.78 is 19.2. The van der Waals surface area contributed by atoms with Gasteiger partial charge in [0.2, 0.25) is 0 Å². The topological polar surface area (TPSA) is 69.1 Å². The number of anilines is 1. The van der Waals surface area contributed by atoms with Gasteiger partial charge >= 0.3 is 6.09 Å². The van der Waals surface area contributed by atoms with Gasteiger partial charge in [0.05, 0.1) is 19.4 Å². The Bertz CT molecular complexity index is 1000. The lowest BCUT2D eigenvalue weighted by atomic mass is 9.78. The molecule has 5 rings (SSSR count). The molecule has 0 aromatic carbocycles. The van der Waals surface area contributed by atoms with Crippen LogP contribution in [0, 0.1) is 11.2 Å². The number of carbonyl (C=O) groups is 1. The Hall–Kier alpha value is -2.23. The summed E-state index contributed by atoms with van der Waals surface area (Å²) in [5, 5.41) is 11.4. The summed E-state index contributed by atoms with van der Waals surface area (Å²) in [4.78, 5) is 23.9. The fraction of sp³-hybridized carbons (Fsp3) is 0.583. The van der Waals surface area contributed by atoms with Crippen molar-refractivity contribution in [1.82, 2.24) is 14.8 Å². The fourth-order valence-electron chi connectivity index (χ4n) is 5.68. The molecule has 2 aromatic heterocycles. The maximum absolute atomic E-state index is 14.0. The number of aliphatic hydroxyl groups is 1. The van der Waals surface area contributed by atoms with E-state index >= 15 is 0 Å². The van der Waals surface area contributed by atoms with Crippen LogP contribution in [-0.2, 0) is 11.3 Å². The first-order valence-corrected chi connectivity index (χ1v) is 12.6. The number of pyridine rings is 1. The van der Waals surface area contributed by atoms with Crippen molar-refractivity contribution in [2.45, 2.75) is 38.8 Å². The number of amides is 1. The number of likely N-dealkylation sites (tertiary alicyclic amines) is 1. The number of rotatable bonds is 5. The molecule has 0 unspecified atom stereocenters. The molecule has 0 bridgehead atoms. The van der Waals surface area contributed by atoms with Crippen molar-refractivity contribution in [2.24, 2.45) is 5.41 Å². The Kier molecular flexibility index (Phi) is 6.28. The third-order valence-corrected chi connectivity index (χ3v) is 8.26. The van der Waals surface area contributed by atoms with Crippen LogP contribution < -0.4 is 4.90 Å². The molecule has 2 saturated heterocycles. The maximum Gasteiger partial charge on any atom is 0.409 e. The molecule has 7 nitrogen and oxygen atoms in total. The van der Waals surface area contributed by atoms with Crippen molar-refractivity contribution < 1.29 is 19.0 Å². The van der Waals surface area contributed by atoms with E-state index in [1.54, 1.807) is 6.07 Å². The van der Waals surface area contributed by atoms with Crippen molar-refractivity contribution in [3.8, 4) is 11.1 Å². The molecule has 2 aromatic rings. The smallest absolute Gasteiger partial charge is 0.409 e. The number of aliphatic hydroxyl groups excluding tert-OH is 1. The lowest BCUT2D eigenvalue weighted by Crippen LogP contribution is -2.58. The second-order valence-electron chi connectivity index (χ2n) is 9.46. The average molecular weight is 475 g/mol. The minimum Gasteiger partial charge on any atom is -0.450 e. The Morgan fingerprint density at radius 3 is 2.79 bits per heavy atom. The van der Waals surface area contributed by atoms with Crippen LogP contribution in [-0.4, -0.2) is 77.9 Å². The summed E-state index contributed by atoms with van der Waals surface area (Å²) in [6, 6.07) is 4.02. The molecule has 1 atom stereocenters. The van der Waals surface area contributed by atoms with E-state index in [9.17, 15) is 14.3 Å². The van der Waals surface area contributed by atoms with Gasteiger partial charge in [-0.15, -0.1) is 11.3 Å². The SMILES string of the molecule is CCOC(=O)N1CC2(CC[C@@H](N3CCN(c4ncc(F)cc4-c4csc(CO)c4)CC3)C2)C1. The number of nitrogens with zero attached hydrogens (tertiary/aromatic N) is 4. The Balaban J connectivity index is 1.20. The van der Waals surface area contributed by atoms with Gasteiger partial charge < -0.3 is 19.6 Å². The Labute approximate surface area is 197 Å². The highest BCUT2D eigenvalue weighted by Gasteiger charge is 2.51. The van der Waals surface area contributed by atoms with E-state index in [0.29, 0.717) is 12.6 Å². The zero-order valence-electron chi connectivity index (χ0n) is 19.0. The number of thiophene rings is 1. The van der Waals surface area contributed by atoms with Gasteiger partial charge in [0, 0.05) is 61.2 Å². The molecule has 2 aliphatic heterocycles. The molecule has 1 N–H and O–H groups in total. The largest absolute Gasteiger partial charge is 0.450 e. The van der Waals surface area contributed by atoms with Crippen molar-refractivity contribution in [3.05, 3.63) is 34.4 Å². The highest BCUT2D eigenvalue weighted by atomic mass is 32.1. The van der Waals surface area contributed by atoms with Gasteiger partial charge in [0.25, 0.3) is 0 Å². The minimum atomic E-state index is -0.349. The summed E-state index contributed by atoms with van der Waals surface area (Å²) >= 11 is 1.48. The number of hydrogen-bond acceptors (Lipinski definition) is 7. The van der Waals surface area contributed by atoms with Crippen LogP contribution in [0.3, 0.4) is 0 Å². The summed E-state index contributed by atoms with van der Waals surface area (Å²) in [5.74, 6) is 0.461. The molecule has 1 spiro atoms. The molecule has 4 heterocycles. The van der Waals surface area contributed by atoms with Gasteiger partial charge in [-0.2, -0.15) is 0 Å². The lowest BCUT2D eigenvalue weighted by Gasteiger charge is -2.48. The van der Waals surface area contributed by atoms with Crippen molar-refractivity contribution in [2.75, 3.05) is 50.8 Å². The summed E-state index contributed by atoms with van der Waals surface area (Å²) in [5.41, 5.74) is 1.96. The van der Waals surface area contributed by atoms with Gasteiger partial charge in [-0.05, 0) is 49.3 Å². The van der Waals surface area contributed by atoms with Crippen LogP contribution in [0.1, 0.15) is 31.1 Å². The van der Waals surface area contributed by atoms with E-state index in [1.807, 2.05) is 23.3 Å². The Morgan fingerprint density at radius 1 is 1.30 bits per heavy atom. The van der Waals surface area contributed by atoms with E-state index in [1.165, 1.54) is 30.4 Å². The first kappa shape index (κ1) is 22.6. The van der Waals surface area contributed by atoms with Gasteiger partial charge in [-0.1, -0.05) is 0 Å². The van der Waals surface area contributed by atoms with Gasteiger partial charge in [-0.25, -0.2) is 14.2 Å². The summed E-state index contributed by atoms with van der Waals surface area (Å²) in [6.07, 6.45) is 4.59. The quantitative estimate of drug-likeness (QED) is 0.715. The standard InChI is InChI=1S/C24H31FN4O3S/c1-2-32-23(31)29-15-24(16-29)4-3-19(11-24)27-5-7-28(8-6-27)22-21(10-18(25)12-26-22)17-9-20(13-30)33-14-17/h9-10,12,14,19,30H,2-8,11,13,15-16H2,1H3/t19-/m1/s1.